The maximum Gasteiger partial charge on any atom is 0.524 e. The molecule has 0 radical (unpaired) electrons. The Morgan fingerprint density at radius 3 is 2.20 bits per heavy atom. The van der Waals surface area contributed by atoms with Crippen LogP contribution >= 0.6 is 0 Å². The van der Waals surface area contributed by atoms with Crippen molar-refractivity contribution >= 4 is 45.8 Å². The van der Waals surface area contributed by atoms with Gasteiger partial charge in [-0.3, -0.25) is 0 Å². The number of hydrogen-bond donors (Lipinski definition) is 0. The van der Waals surface area contributed by atoms with Gasteiger partial charge in [0.15, 0.2) is 0 Å². The molecule has 0 unspecified atom stereocenters. The van der Waals surface area contributed by atoms with Gasteiger partial charge in [-0.05, 0) is 58.0 Å². The second-order valence-corrected chi connectivity index (χ2v) is 10.5. The topological polar surface area (TPSA) is 25.6 Å². The van der Waals surface area contributed by atoms with Crippen molar-refractivity contribution in [2.75, 3.05) is 4.81 Å². The molecule has 0 aliphatic carbocycles. The van der Waals surface area contributed by atoms with E-state index >= 15 is 0 Å². The minimum atomic E-state index is -0.173. The predicted octanol–water partition coefficient (Wildman–Crippen LogP) is 8.83. The minimum absolute atomic E-state index is 0.173. The van der Waals surface area contributed by atoms with Gasteiger partial charge >= 0.3 is 7.05 Å². The zero-order chi connectivity index (χ0) is 26.2. The van der Waals surface area contributed by atoms with Gasteiger partial charge in [0.05, 0.1) is 5.69 Å². The molecule has 7 aromatic rings. The van der Waals surface area contributed by atoms with E-state index in [9.17, 15) is 0 Å². The molecule has 0 spiro atoms. The molecule has 40 heavy (non-hydrogen) atoms. The van der Waals surface area contributed by atoms with Crippen molar-refractivity contribution in [3.05, 3.63) is 133 Å². The van der Waals surface area contributed by atoms with E-state index in [4.69, 9.17) is 9.07 Å². The lowest BCUT2D eigenvalue weighted by Gasteiger charge is -2.31. The Bertz CT molecular complexity index is 2130. The number of rotatable bonds is 2. The lowest BCUT2D eigenvalue weighted by Crippen LogP contribution is -2.50. The number of fused-ring (bicyclic) bond motifs is 11. The Hall–Kier alpha value is -5.22. The maximum absolute atomic E-state index is 6.67. The van der Waals surface area contributed by atoms with Gasteiger partial charge in [-0.25, -0.2) is 0 Å². The molecule has 0 saturated heterocycles. The average Bonchev–Trinajstić information content (AvgIpc) is 3.60. The number of hydrogen-bond acceptors (Lipinski definition) is 3. The zero-order valence-corrected chi connectivity index (χ0v) is 21.5. The van der Waals surface area contributed by atoms with E-state index < -0.39 is 0 Å². The summed E-state index contributed by atoms with van der Waals surface area (Å²) < 4.78 is 13.0. The van der Waals surface area contributed by atoms with Crippen LogP contribution < -0.4 is 14.9 Å². The number of nitrogens with zero attached hydrogens (tertiary/aromatic N) is 1. The van der Waals surface area contributed by atoms with Gasteiger partial charge in [0.2, 0.25) is 0 Å². The summed E-state index contributed by atoms with van der Waals surface area (Å²) in [7, 11) is -0.173. The van der Waals surface area contributed by atoms with E-state index in [1.165, 1.54) is 22.3 Å². The smallest absolute Gasteiger partial charge is 0.524 e. The van der Waals surface area contributed by atoms with Crippen LogP contribution in [0.3, 0.4) is 0 Å². The Morgan fingerprint density at radius 1 is 0.500 bits per heavy atom. The van der Waals surface area contributed by atoms with Gasteiger partial charge in [0.25, 0.3) is 0 Å². The quantitative estimate of drug-likeness (QED) is 0.217. The Labute approximate surface area is 232 Å². The van der Waals surface area contributed by atoms with Crippen LogP contribution in [0.2, 0.25) is 0 Å². The third-order valence-electron chi connectivity index (χ3n) is 8.28. The molecule has 0 saturated carbocycles. The monoisotopic (exact) mass is 511 g/mol. The van der Waals surface area contributed by atoms with Crippen LogP contribution in [0.25, 0.3) is 55.3 Å². The van der Waals surface area contributed by atoms with Crippen molar-refractivity contribution in [2.24, 2.45) is 0 Å². The largest absolute Gasteiger partial charge is 0.536 e. The highest BCUT2D eigenvalue weighted by Crippen LogP contribution is 2.48. The normalized spacial score (nSPS) is 13.1. The summed E-state index contributed by atoms with van der Waals surface area (Å²) in [4.78, 5) is 2.33. The molecular formula is C36H22BNO2. The molecule has 0 atom stereocenters. The summed E-state index contributed by atoms with van der Waals surface area (Å²) in [6, 6.07) is 47.1. The van der Waals surface area contributed by atoms with E-state index in [0.29, 0.717) is 0 Å². The molecule has 186 valence electrons. The van der Waals surface area contributed by atoms with Crippen LogP contribution in [-0.2, 0) is 0 Å². The van der Waals surface area contributed by atoms with Crippen molar-refractivity contribution in [1.29, 1.82) is 0 Å². The van der Waals surface area contributed by atoms with Crippen molar-refractivity contribution in [3.63, 3.8) is 0 Å². The minimum Gasteiger partial charge on any atom is -0.536 e. The lowest BCUT2D eigenvalue weighted by molar-refractivity contribution is 0.603. The van der Waals surface area contributed by atoms with Crippen molar-refractivity contribution in [3.8, 4) is 39.1 Å². The van der Waals surface area contributed by atoms with Crippen molar-refractivity contribution < 1.29 is 9.07 Å². The molecule has 3 nitrogen and oxygen atoms in total. The van der Waals surface area contributed by atoms with E-state index in [1.807, 2.05) is 12.1 Å². The molecular weight excluding hydrogens is 489 g/mol. The fraction of sp³-hybridized carbons (Fsp3) is 0. The Kier molecular flexibility index (Phi) is 4.41. The molecule has 3 heterocycles. The number of benzene rings is 6. The van der Waals surface area contributed by atoms with Crippen molar-refractivity contribution in [2.45, 2.75) is 0 Å². The second kappa shape index (κ2) is 8.14. The fourth-order valence-electron chi connectivity index (χ4n) is 6.45. The number of para-hydroxylation sites is 3. The molecule has 4 heteroatoms. The molecule has 9 rings (SSSR count). The van der Waals surface area contributed by atoms with E-state index in [2.05, 4.69) is 126 Å². The van der Waals surface area contributed by atoms with Gasteiger partial charge in [0, 0.05) is 27.6 Å². The first-order valence-electron chi connectivity index (χ1n) is 13.6. The first kappa shape index (κ1) is 21.7. The average molecular weight is 511 g/mol. The van der Waals surface area contributed by atoms with Crippen molar-refractivity contribution in [1.82, 2.24) is 0 Å². The second-order valence-electron chi connectivity index (χ2n) is 10.5. The molecule has 2 aliphatic rings. The van der Waals surface area contributed by atoms with E-state index in [1.54, 1.807) is 0 Å². The van der Waals surface area contributed by atoms with Crippen LogP contribution in [0.5, 0.6) is 5.75 Å². The van der Waals surface area contributed by atoms with E-state index in [0.717, 1.165) is 55.6 Å². The van der Waals surface area contributed by atoms with Crippen LogP contribution in [0.1, 0.15) is 0 Å². The highest BCUT2D eigenvalue weighted by molar-refractivity contribution is 6.77. The molecule has 6 aromatic carbocycles. The zero-order valence-electron chi connectivity index (χ0n) is 21.5. The van der Waals surface area contributed by atoms with E-state index in [-0.39, 0.29) is 7.05 Å². The van der Waals surface area contributed by atoms with Gasteiger partial charge in [-0.2, -0.15) is 0 Å². The maximum atomic E-state index is 6.67. The summed E-state index contributed by atoms with van der Waals surface area (Å²) in [5.41, 5.74) is 12.3. The van der Waals surface area contributed by atoms with Gasteiger partial charge < -0.3 is 13.9 Å². The summed E-state index contributed by atoms with van der Waals surface area (Å²) in [5, 5.41) is 2.28. The fourth-order valence-corrected chi connectivity index (χ4v) is 6.45. The molecule has 0 N–H and O–H groups in total. The van der Waals surface area contributed by atoms with Crippen LogP contribution in [0, 0.1) is 0 Å². The first-order chi connectivity index (χ1) is 19.8. The van der Waals surface area contributed by atoms with Crippen LogP contribution in [0.15, 0.2) is 138 Å². The number of anilines is 2. The number of furan rings is 1. The molecule has 2 aliphatic heterocycles. The molecule has 1 aromatic heterocycles. The summed E-state index contributed by atoms with van der Waals surface area (Å²) in [5.74, 6) is 0.902. The molecule has 0 bridgehead atoms. The first-order valence-corrected chi connectivity index (χ1v) is 13.6. The summed E-state index contributed by atoms with van der Waals surface area (Å²) in [6.45, 7) is 0. The summed E-state index contributed by atoms with van der Waals surface area (Å²) in [6.07, 6.45) is 0. The van der Waals surface area contributed by atoms with Gasteiger partial charge in [0.1, 0.15) is 16.9 Å². The molecule has 0 amide bonds. The molecule has 0 fully saturated rings. The summed E-state index contributed by atoms with van der Waals surface area (Å²) >= 11 is 0. The highest BCUT2D eigenvalue weighted by Gasteiger charge is 2.44. The van der Waals surface area contributed by atoms with Gasteiger partial charge in [-0.15, -0.1) is 0 Å². The third kappa shape index (κ3) is 3.02. The lowest BCUT2D eigenvalue weighted by atomic mass is 9.65. The SMILES string of the molecule is c1cc(-c2ccc3c(c2)OB2c4ccccc4-c4ccccc4N23)cc(-c2cccc3c2oc2ccccc23)c1. The van der Waals surface area contributed by atoms with Crippen LogP contribution in [0.4, 0.5) is 11.4 Å². The Morgan fingerprint density at radius 2 is 1.23 bits per heavy atom. The third-order valence-corrected chi connectivity index (χ3v) is 8.28. The highest BCUT2D eigenvalue weighted by atomic mass is 16.5. The Balaban J connectivity index is 1.15. The van der Waals surface area contributed by atoms with Gasteiger partial charge in [-0.1, -0.05) is 103 Å². The van der Waals surface area contributed by atoms with Crippen LogP contribution in [-0.4, -0.2) is 7.05 Å². The standard InChI is InChI=1S/C36H22BNO2/c1-4-16-31-27(11-1)28-12-2-5-17-32(28)38-33-20-19-24(22-35(33)40-37(31)38)23-9-7-10-25(21-23)26-14-8-15-30-29-13-3-6-18-34(29)39-36(26)30/h1-22H. The predicted molar refractivity (Wildman–Crippen MR) is 165 cm³/mol.